The van der Waals surface area contributed by atoms with E-state index in [1.807, 2.05) is 6.07 Å². The van der Waals surface area contributed by atoms with Crippen molar-refractivity contribution in [1.29, 1.82) is 0 Å². The van der Waals surface area contributed by atoms with Gasteiger partial charge in [-0.1, -0.05) is 170 Å². The van der Waals surface area contributed by atoms with E-state index in [1.165, 1.54) is 70.7 Å². The van der Waals surface area contributed by atoms with E-state index in [0.29, 0.717) is 0 Å². The highest BCUT2D eigenvalue weighted by atomic mass is 16.3. The number of furan rings is 1. The van der Waals surface area contributed by atoms with Gasteiger partial charge >= 0.3 is 0 Å². The van der Waals surface area contributed by atoms with Gasteiger partial charge in [0.2, 0.25) is 0 Å². The SMILES string of the molecule is c1ccc(-c2ccc(N(c3ccc(-c4cccc5ccccc45)cc3)c3ccccc3-c3ccc4c5ccccc5c5c(ccc6oc7ccccc7c65)c4c3)cc2)cc1. The molecule has 0 atom stereocenters. The van der Waals surface area contributed by atoms with Gasteiger partial charge in [-0.2, -0.15) is 0 Å². The number of fused-ring (bicyclic) bond motifs is 11. The first kappa shape index (κ1) is 34.1. The van der Waals surface area contributed by atoms with Gasteiger partial charge in [-0.05, 0) is 120 Å². The fourth-order valence-electron chi connectivity index (χ4n) is 9.47. The average Bonchev–Trinajstić information content (AvgIpc) is 3.71. The van der Waals surface area contributed by atoms with E-state index in [-0.39, 0.29) is 0 Å². The second-order valence-electron chi connectivity index (χ2n) is 15.6. The molecular formula is C58H37NO. The molecule has 0 saturated carbocycles. The molecule has 0 aliphatic heterocycles. The largest absolute Gasteiger partial charge is 0.456 e. The van der Waals surface area contributed by atoms with Crippen LogP contribution in [-0.2, 0) is 0 Å². The van der Waals surface area contributed by atoms with E-state index in [2.05, 4.69) is 223 Å². The molecule has 0 spiro atoms. The molecule has 0 radical (unpaired) electrons. The molecule has 0 fully saturated rings. The van der Waals surface area contributed by atoms with Crippen molar-refractivity contribution in [3.63, 3.8) is 0 Å². The maximum atomic E-state index is 6.42. The lowest BCUT2D eigenvalue weighted by atomic mass is 9.90. The van der Waals surface area contributed by atoms with Gasteiger partial charge < -0.3 is 9.32 Å². The topological polar surface area (TPSA) is 16.4 Å². The third kappa shape index (κ3) is 5.50. The van der Waals surface area contributed by atoms with E-state index in [4.69, 9.17) is 4.42 Å². The van der Waals surface area contributed by atoms with Crippen LogP contribution in [0.1, 0.15) is 0 Å². The van der Waals surface area contributed by atoms with Crippen LogP contribution in [0, 0.1) is 0 Å². The predicted molar refractivity (Wildman–Crippen MR) is 255 cm³/mol. The highest BCUT2D eigenvalue weighted by Crippen LogP contribution is 2.46. The molecule has 1 heterocycles. The number of rotatable bonds is 6. The fourth-order valence-corrected chi connectivity index (χ4v) is 9.47. The molecule has 2 nitrogen and oxygen atoms in total. The van der Waals surface area contributed by atoms with E-state index in [0.717, 1.165) is 44.7 Å². The Morgan fingerprint density at radius 2 is 0.833 bits per heavy atom. The van der Waals surface area contributed by atoms with Crippen molar-refractivity contribution in [3.8, 4) is 33.4 Å². The second kappa shape index (κ2) is 13.9. The van der Waals surface area contributed by atoms with Crippen LogP contribution in [0.3, 0.4) is 0 Å². The molecule has 11 aromatic carbocycles. The van der Waals surface area contributed by atoms with Gasteiger partial charge in [0.1, 0.15) is 11.2 Å². The zero-order chi connectivity index (χ0) is 39.6. The summed E-state index contributed by atoms with van der Waals surface area (Å²) in [7, 11) is 0. The molecule has 0 saturated heterocycles. The number of nitrogens with zero attached hydrogens (tertiary/aromatic N) is 1. The number of hydrogen-bond donors (Lipinski definition) is 0. The monoisotopic (exact) mass is 763 g/mol. The Labute approximate surface area is 347 Å². The summed E-state index contributed by atoms with van der Waals surface area (Å²) in [4.78, 5) is 2.40. The summed E-state index contributed by atoms with van der Waals surface area (Å²) in [6.45, 7) is 0. The Morgan fingerprint density at radius 1 is 0.283 bits per heavy atom. The van der Waals surface area contributed by atoms with Gasteiger partial charge in [-0.25, -0.2) is 0 Å². The minimum absolute atomic E-state index is 0.911. The number of hydrogen-bond acceptors (Lipinski definition) is 2. The summed E-state index contributed by atoms with van der Waals surface area (Å²) >= 11 is 0. The quantitative estimate of drug-likeness (QED) is 0.157. The lowest BCUT2D eigenvalue weighted by Gasteiger charge is -2.28. The van der Waals surface area contributed by atoms with Gasteiger partial charge in [0.05, 0.1) is 5.69 Å². The molecule has 12 aromatic rings. The predicted octanol–water partition coefficient (Wildman–Crippen LogP) is 16.7. The summed E-state index contributed by atoms with van der Waals surface area (Å²) in [5.74, 6) is 0. The highest BCUT2D eigenvalue weighted by Gasteiger charge is 2.20. The van der Waals surface area contributed by atoms with E-state index in [9.17, 15) is 0 Å². The second-order valence-corrected chi connectivity index (χ2v) is 15.6. The normalized spacial score (nSPS) is 11.7. The molecule has 60 heavy (non-hydrogen) atoms. The molecule has 2 heteroatoms. The average molecular weight is 764 g/mol. The lowest BCUT2D eigenvalue weighted by molar-refractivity contribution is 0.669. The number of para-hydroxylation sites is 2. The zero-order valence-electron chi connectivity index (χ0n) is 32.7. The molecule has 0 bridgehead atoms. The first-order valence-electron chi connectivity index (χ1n) is 20.6. The summed E-state index contributed by atoms with van der Waals surface area (Å²) in [6, 6.07) is 81.2. The first-order valence-corrected chi connectivity index (χ1v) is 20.6. The van der Waals surface area contributed by atoms with Crippen molar-refractivity contribution >= 4 is 82.1 Å². The van der Waals surface area contributed by atoms with Crippen LogP contribution in [0.15, 0.2) is 229 Å². The molecule has 0 aliphatic carbocycles. The Hall–Kier alpha value is -7.94. The molecule has 280 valence electrons. The third-order valence-electron chi connectivity index (χ3n) is 12.3. The van der Waals surface area contributed by atoms with Crippen molar-refractivity contribution in [1.82, 2.24) is 0 Å². The molecule has 0 unspecified atom stereocenters. The van der Waals surface area contributed by atoms with Crippen molar-refractivity contribution in [3.05, 3.63) is 224 Å². The zero-order valence-corrected chi connectivity index (χ0v) is 32.7. The van der Waals surface area contributed by atoms with Gasteiger partial charge in [-0.3, -0.25) is 0 Å². The smallest absolute Gasteiger partial charge is 0.136 e. The summed E-state index contributed by atoms with van der Waals surface area (Å²) in [5.41, 5.74) is 12.2. The van der Waals surface area contributed by atoms with Crippen molar-refractivity contribution in [2.45, 2.75) is 0 Å². The number of benzene rings is 11. The minimum Gasteiger partial charge on any atom is -0.456 e. The van der Waals surface area contributed by atoms with Gasteiger partial charge in [0, 0.05) is 33.1 Å². The molecular weight excluding hydrogens is 727 g/mol. The van der Waals surface area contributed by atoms with Gasteiger partial charge in [0.25, 0.3) is 0 Å². The van der Waals surface area contributed by atoms with Crippen LogP contribution in [0.2, 0.25) is 0 Å². The Bertz CT molecular complexity index is 3580. The number of anilines is 3. The van der Waals surface area contributed by atoms with Crippen LogP contribution in [0.25, 0.3) is 98.4 Å². The van der Waals surface area contributed by atoms with Crippen molar-refractivity contribution in [2.24, 2.45) is 0 Å². The Morgan fingerprint density at radius 3 is 1.65 bits per heavy atom. The van der Waals surface area contributed by atoms with E-state index in [1.54, 1.807) is 0 Å². The molecule has 12 rings (SSSR count). The Balaban J connectivity index is 1.06. The summed E-state index contributed by atoms with van der Waals surface area (Å²) in [5, 5.41) is 12.2. The first-order chi connectivity index (χ1) is 29.8. The van der Waals surface area contributed by atoms with Gasteiger partial charge in [0.15, 0.2) is 0 Å². The lowest BCUT2D eigenvalue weighted by Crippen LogP contribution is -2.11. The third-order valence-corrected chi connectivity index (χ3v) is 12.3. The van der Waals surface area contributed by atoms with Crippen LogP contribution in [0.5, 0.6) is 0 Å². The maximum absolute atomic E-state index is 6.42. The summed E-state index contributed by atoms with van der Waals surface area (Å²) in [6.07, 6.45) is 0. The van der Waals surface area contributed by atoms with Crippen LogP contribution >= 0.6 is 0 Å². The van der Waals surface area contributed by atoms with Crippen LogP contribution in [0.4, 0.5) is 17.1 Å². The van der Waals surface area contributed by atoms with E-state index >= 15 is 0 Å². The molecule has 0 aliphatic rings. The van der Waals surface area contributed by atoms with Crippen LogP contribution in [-0.4, -0.2) is 0 Å². The molecule has 0 N–H and O–H groups in total. The van der Waals surface area contributed by atoms with Crippen molar-refractivity contribution < 1.29 is 4.42 Å². The minimum atomic E-state index is 0.911. The molecule has 0 amide bonds. The fraction of sp³-hybridized carbons (Fsp3) is 0. The van der Waals surface area contributed by atoms with Gasteiger partial charge in [-0.15, -0.1) is 0 Å². The van der Waals surface area contributed by atoms with Crippen molar-refractivity contribution in [2.75, 3.05) is 4.90 Å². The molecule has 1 aromatic heterocycles. The standard InChI is InChI=1S/C58H37NO/c1-2-13-38(14-3-1)39-25-30-43(31-26-39)59(44-32-27-41(28-33-44)46-22-12-16-40-15-4-5-17-45(40)46)54-23-10-8-18-47(54)42-29-34-49-48-19-6-7-20-50(48)57-51(53(49)37-42)35-36-56-58(57)52-21-9-11-24-55(52)60-56/h1-37H. The van der Waals surface area contributed by atoms with Crippen LogP contribution < -0.4 is 4.90 Å². The maximum Gasteiger partial charge on any atom is 0.136 e. The van der Waals surface area contributed by atoms with E-state index < -0.39 is 0 Å². The highest BCUT2D eigenvalue weighted by molar-refractivity contribution is 6.34. The Kier molecular flexibility index (Phi) is 7.89. The summed E-state index contributed by atoms with van der Waals surface area (Å²) < 4.78 is 6.42.